The first kappa shape index (κ1) is 22.2. The summed E-state index contributed by atoms with van der Waals surface area (Å²) in [4.78, 5) is 12.8. The van der Waals surface area contributed by atoms with Gasteiger partial charge in [0, 0.05) is 24.7 Å². The summed E-state index contributed by atoms with van der Waals surface area (Å²) < 4.78 is 17.6. The summed E-state index contributed by atoms with van der Waals surface area (Å²) in [6.07, 6.45) is 0.757. The summed E-state index contributed by atoms with van der Waals surface area (Å²) in [5.74, 6) is 1.69. The van der Waals surface area contributed by atoms with Crippen LogP contribution in [0.1, 0.15) is 22.2 Å². The molecule has 0 radical (unpaired) electrons. The third kappa shape index (κ3) is 4.75. The van der Waals surface area contributed by atoms with Gasteiger partial charge in [-0.3, -0.25) is 9.48 Å². The molecule has 4 aromatic rings. The number of hydrogen-bond acceptors (Lipinski definition) is 6. The predicted octanol–water partition coefficient (Wildman–Crippen LogP) is 3.83. The average molecular weight is 447 g/mol. The Hall–Kier alpha value is -4.04. The predicted molar refractivity (Wildman–Crippen MR) is 123 cm³/mol. The highest BCUT2D eigenvalue weighted by Crippen LogP contribution is 2.33. The fraction of sp³-hybridized carbons (Fsp3) is 0.200. The van der Waals surface area contributed by atoms with Gasteiger partial charge >= 0.3 is 0 Å². The molecule has 0 bridgehead atoms. The van der Waals surface area contributed by atoms with Gasteiger partial charge in [0.15, 0.2) is 0 Å². The third-order valence-corrected chi connectivity index (χ3v) is 5.35. The Kier molecular flexibility index (Phi) is 6.46. The van der Waals surface area contributed by atoms with Crippen molar-refractivity contribution in [3.05, 3.63) is 78.2 Å². The first-order valence-electron chi connectivity index (χ1n) is 10.4. The third-order valence-electron chi connectivity index (χ3n) is 5.35. The van der Waals surface area contributed by atoms with Crippen molar-refractivity contribution >= 4 is 5.91 Å². The molecule has 8 nitrogen and oxygen atoms in total. The van der Waals surface area contributed by atoms with Crippen LogP contribution >= 0.6 is 0 Å². The second kappa shape index (κ2) is 9.62. The number of rotatable bonds is 8. The molecule has 1 amide bonds. The molecule has 0 aliphatic carbocycles. The number of hydrogen-bond donors (Lipinski definition) is 2. The molecule has 2 heterocycles. The van der Waals surface area contributed by atoms with Crippen LogP contribution in [-0.4, -0.2) is 41.6 Å². The Labute approximate surface area is 191 Å². The van der Waals surface area contributed by atoms with E-state index in [2.05, 4.69) is 10.4 Å². The van der Waals surface area contributed by atoms with E-state index in [-0.39, 0.29) is 12.5 Å². The molecule has 170 valence electrons. The lowest BCUT2D eigenvalue weighted by atomic mass is 10.1. The number of aryl methyl sites for hydroxylation is 1. The number of benzene rings is 2. The van der Waals surface area contributed by atoms with Gasteiger partial charge in [0.25, 0.3) is 5.91 Å². The Balaban J connectivity index is 1.45. The second-order valence-electron chi connectivity index (χ2n) is 7.43. The molecule has 0 aliphatic heterocycles. The van der Waals surface area contributed by atoms with Crippen LogP contribution in [-0.2, 0) is 7.05 Å². The number of amides is 1. The largest absolute Gasteiger partial charge is 0.497 e. The van der Waals surface area contributed by atoms with Gasteiger partial charge in [-0.15, -0.1) is 0 Å². The minimum absolute atomic E-state index is 0.0575. The lowest BCUT2D eigenvalue weighted by Gasteiger charge is -2.12. The lowest BCUT2D eigenvalue weighted by molar-refractivity contribution is 0.0907. The fourth-order valence-corrected chi connectivity index (χ4v) is 3.54. The smallest absolute Gasteiger partial charge is 0.269 e. The lowest BCUT2D eigenvalue weighted by Crippen LogP contribution is -2.29. The highest BCUT2D eigenvalue weighted by molar-refractivity contribution is 5.94. The number of aliphatic hydroxyl groups excluding tert-OH is 1. The molecule has 2 aromatic carbocycles. The Morgan fingerprint density at radius 2 is 1.91 bits per heavy atom. The first-order chi connectivity index (χ1) is 16.0. The molecule has 33 heavy (non-hydrogen) atoms. The highest BCUT2D eigenvalue weighted by Gasteiger charge is 2.18. The van der Waals surface area contributed by atoms with Gasteiger partial charge in [0.1, 0.15) is 23.0 Å². The van der Waals surface area contributed by atoms with Gasteiger partial charge in [0.05, 0.1) is 32.3 Å². The number of aliphatic hydroxyl groups is 1. The van der Waals surface area contributed by atoms with E-state index >= 15 is 0 Å². The number of nitrogens with zero attached hydrogens (tertiary/aromatic N) is 2. The van der Waals surface area contributed by atoms with E-state index in [1.54, 1.807) is 51.8 Å². The van der Waals surface area contributed by atoms with Gasteiger partial charge in [-0.25, -0.2) is 0 Å². The van der Waals surface area contributed by atoms with Gasteiger partial charge in [0.2, 0.25) is 0 Å². The van der Waals surface area contributed by atoms with Gasteiger partial charge < -0.3 is 24.3 Å². The van der Waals surface area contributed by atoms with Crippen molar-refractivity contribution < 1.29 is 23.8 Å². The quantitative estimate of drug-likeness (QED) is 0.426. The molecule has 2 aromatic heterocycles. The molecule has 0 unspecified atom stereocenters. The first-order valence-corrected chi connectivity index (χ1v) is 10.4. The second-order valence-corrected chi connectivity index (χ2v) is 7.43. The van der Waals surface area contributed by atoms with Crippen molar-refractivity contribution in [1.29, 1.82) is 0 Å². The van der Waals surface area contributed by atoms with Gasteiger partial charge in [-0.2, -0.15) is 5.10 Å². The van der Waals surface area contributed by atoms with E-state index in [0.29, 0.717) is 34.0 Å². The van der Waals surface area contributed by atoms with Crippen LogP contribution in [0.15, 0.2) is 71.3 Å². The molecular weight excluding hydrogens is 422 g/mol. The molecule has 0 aliphatic rings. The molecule has 0 saturated heterocycles. The standard InChI is InChI=1S/C25H25N3O5/c1-28-21(14-20(27-28)19-13-18(31-2)10-11-24(19)32-3)25(30)26-15-22(29)16-6-8-17(9-7-16)23-5-4-12-33-23/h4-14,22,29H,15H2,1-3H3,(H,26,30)/t22-/m0/s1. The molecule has 0 spiro atoms. The van der Waals surface area contributed by atoms with E-state index in [0.717, 1.165) is 11.3 Å². The SMILES string of the molecule is COc1ccc(OC)c(-c2cc(C(=O)NC[C@H](O)c3ccc(-c4ccco4)cc3)n(C)n2)c1. The van der Waals surface area contributed by atoms with Crippen molar-refractivity contribution in [3.63, 3.8) is 0 Å². The molecule has 8 heteroatoms. The summed E-state index contributed by atoms with van der Waals surface area (Å²) in [5.41, 5.74) is 3.25. The van der Waals surface area contributed by atoms with E-state index in [9.17, 15) is 9.90 Å². The fourth-order valence-electron chi connectivity index (χ4n) is 3.54. The summed E-state index contributed by atoms with van der Waals surface area (Å²) >= 11 is 0. The number of carbonyl (C=O) groups excluding carboxylic acids is 1. The average Bonchev–Trinajstić information content (AvgIpc) is 3.52. The number of ether oxygens (including phenoxy) is 2. The van der Waals surface area contributed by atoms with Crippen LogP contribution in [0.2, 0.25) is 0 Å². The molecule has 2 N–H and O–H groups in total. The zero-order valence-corrected chi connectivity index (χ0v) is 18.6. The monoisotopic (exact) mass is 447 g/mol. The number of nitrogens with one attached hydrogen (secondary N) is 1. The molecule has 0 saturated carbocycles. The molecule has 0 fully saturated rings. The summed E-state index contributed by atoms with van der Waals surface area (Å²) in [6.45, 7) is 0.0575. The van der Waals surface area contributed by atoms with Crippen molar-refractivity contribution in [2.75, 3.05) is 20.8 Å². The Morgan fingerprint density at radius 1 is 1.12 bits per heavy atom. The summed E-state index contributed by atoms with van der Waals surface area (Å²) in [6, 6.07) is 18.1. The van der Waals surface area contributed by atoms with E-state index in [1.165, 1.54) is 4.68 Å². The maximum atomic E-state index is 12.8. The molecule has 1 atom stereocenters. The van der Waals surface area contributed by atoms with Crippen molar-refractivity contribution in [1.82, 2.24) is 15.1 Å². The van der Waals surface area contributed by atoms with Gasteiger partial charge in [-0.1, -0.05) is 24.3 Å². The van der Waals surface area contributed by atoms with Crippen LogP contribution in [0.3, 0.4) is 0 Å². The number of carbonyl (C=O) groups is 1. The van der Waals surface area contributed by atoms with Crippen molar-refractivity contribution in [3.8, 4) is 34.1 Å². The van der Waals surface area contributed by atoms with E-state index in [4.69, 9.17) is 13.9 Å². The van der Waals surface area contributed by atoms with Crippen LogP contribution in [0.4, 0.5) is 0 Å². The molecular formula is C25H25N3O5. The normalized spacial score (nSPS) is 11.8. The van der Waals surface area contributed by atoms with Crippen molar-refractivity contribution in [2.45, 2.75) is 6.10 Å². The maximum absolute atomic E-state index is 12.8. The molecule has 4 rings (SSSR count). The van der Waals surface area contributed by atoms with Crippen LogP contribution in [0, 0.1) is 0 Å². The van der Waals surface area contributed by atoms with Gasteiger partial charge in [-0.05, 0) is 42.0 Å². The minimum Gasteiger partial charge on any atom is -0.497 e. The van der Waals surface area contributed by atoms with E-state index in [1.807, 2.05) is 36.4 Å². The Bertz CT molecular complexity index is 1230. The maximum Gasteiger partial charge on any atom is 0.269 e. The van der Waals surface area contributed by atoms with Crippen LogP contribution in [0.25, 0.3) is 22.6 Å². The number of furan rings is 1. The topological polar surface area (TPSA) is 98.8 Å². The van der Waals surface area contributed by atoms with Crippen LogP contribution < -0.4 is 14.8 Å². The minimum atomic E-state index is -0.856. The van der Waals surface area contributed by atoms with Crippen molar-refractivity contribution in [2.24, 2.45) is 7.05 Å². The van der Waals surface area contributed by atoms with E-state index < -0.39 is 6.10 Å². The number of methoxy groups -OCH3 is 2. The van der Waals surface area contributed by atoms with Crippen LogP contribution in [0.5, 0.6) is 11.5 Å². The Morgan fingerprint density at radius 3 is 2.58 bits per heavy atom. The number of aromatic nitrogens is 2. The summed E-state index contributed by atoms with van der Waals surface area (Å²) in [5, 5.41) is 17.8. The highest BCUT2D eigenvalue weighted by atomic mass is 16.5. The summed E-state index contributed by atoms with van der Waals surface area (Å²) in [7, 11) is 4.85. The zero-order chi connectivity index (χ0) is 23.4. The zero-order valence-electron chi connectivity index (χ0n) is 18.6.